The number of aliphatic hydroxyl groups excluding tert-OH is 6. The number of hydrogen-bond donors (Lipinski definition) is 6. The Morgan fingerprint density at radius 1 is 0.588 bits per heavy atom. The van der Waals surface area contributed by atoms with E-state index in [0.717, 1.165) is 0 Å². The molecule has 0 unspecified atom stereocenters. The van der Waals surface area contributed by atoms with E-state index in [1.165, 1.54) is 0 Å². The summed E-state index contributed by atoms with van der Waals surface area (Å²) in [5, 5.41) is 53.7. The maximum absolute atomic E-state index is 12.5. The van der Waals surface area contributed by atoms with E-state index < -0.39 is 48.0 Å². The number of rotatable bonds is 9. The van der Waals surface area contributed by atoms with E-state index in [0.29, 0.717) is 14.0 Å². The molecule has 0 bridgehead atoms. The van der Waals surface area contributed by atoms with Crippen molar-refractivity contribution in [1.29, 1.82) is 0 Å². The first kappa shape index (κ1) is 16.9. The fraction of sp³-hybridized carbons (Fsp3) is 1.00. The first-order valence-electron chi connectivity index (χ1n) is 4.58. The van der Waals surface area contributed by atoms with Crippen LogP contribution in [0.5, 0.6) is 0 Å². The summed E-state index contributed by atoms with van der Waals surface area (Å²) < 4.78 is 14.3. The van der Waals surface area contributed by atoms with Crippen LogP contribution in [0.3, 0.4) is 0 Å². The van der Waals surface area contributed by atoms with Gasteiger partial charge in [-0.2, -0.15) is 14.0 Å². The van der Waals surface area contributed by atoms with Gasteiger partial charge in [-0.1, -0.05) is 0 Å². The Morgan fingerprint density at radius 3 is 0.882 bits per heavy atom. The van der Waals surface area contributed by atoms with Gasteiger partial charge in [-0.3, -0.25) is 4.57 Å². The molecule has 11 heteroatoms. The lowest BCUT2D eigenvalue weighted by Crippen LogP contribution is -2.43. The Kier molecular flexibility index (Phi) is 8.00. The zero-order valence-electron chi connectivity index (χ0n) is 9.12. The molecule has 10 nitrogen and oxygen atoms in total. The third-order valence-corrected chi connectivity index (χ3v) is 5.05. The van der Waals surface area contributed by atoms with Crippen LogP contribution in [0.1, 0.15) is 0 Å². The molecule has 0 rings (SSSR count). The van der Waals surface area contributed by atoms with Crippen molar-refractivity contribution in [2.75, 3.05) is 40.4 Å². The zero-order chi connectivity index (χ0) is 13.5. The molecule has 0 saturated heterocycles. The van der Waals surface area contributed by atoms with Gasteiger partial charge in [-0.25, -0.2) is 0 Å². The molecular formula is C6H18N3O7P. The van der Waals surface area contributed by atoms with Gasteiger partial charge >= 0.3 is 0 Å². The van der Waals surface area contributed by atoms with Crippen LogP contribution in [-0.4, -0.2) is 85.0 Å². The average Bonchev–Trinajstić information content (AvgIpc) is 2.33. The van der Waals surface area contributed by atoms with Gasteiger partial charge in [0, 0.05) is 0 Å². The van der Waals surface area contributed by atoms with Crippen LogP contribution in [-0.2, 0) is 4.57 Å². The lowest BCUT2D eigenvalue weighted by Gasteiger charge is -2.40. The standard InChI is InChI=1S/C6H18N3O7P/c10-1-7(2-11)17(16,8(3-12)4-13)9(5-14)6-15/h10-15H,1-6H2. The van der Waals surface area contributed by atoms with Crippen LogP contribution < -0.4 is 0 Å². The maximum atomic E-state index is 12.5. The third kappa shape index (κ3) is 3.42. The molecule has 0 fully saturated rings. The summed E-state index contributed by atoms with van der Waals surface area (Å²) in [7, 11) is -4.05. The van der Waals surface area contributed by atoms with Crippen LogP contribution in [0.15, 0.2) is 0 Å². The molecule has 104 valence electrons. The predicted molar refractivity (Wildman–Crippen MR) is 55.6 cm³/mol. The average molecular weight is 275 g/mol. The lowest BCUT2D eigenvalue weighted by molar-refractivity contribution is 0.0188. The second-order valence-electron chi connectivity index (χ2n) is 2.88. The highest BCUT2D eigenvalue weighted by Crippen LogP contribution is 2.54. The second-order valence-corrected chi connectivity index (χ2v) is 5.60. The van der Waals surface area contributed by atoms with Crippen LogP contribution in [0.4, 0.5) is 0 Å². The molecule has 0 atom stereocenters. The first-order valence-corrected chi connectivity index (χ1v) is 6.14. The molecule has 0 aromatic heterocycles. The highest BCUT2D eigenvalue weighted by Gasteiger charge is 2.42. The maximum Gasteiger partial charge on any atom is 0.298 e. The highest BCUT2D eigenvalue weighted by molar-refractivity contribution is 7.56. The van der Waals surface area contributed by atoms with Crippen molar-refractivity contribution in [1.82, 2.24) is 14.0 Å². The predicted octanol–water partition coefficient (Wildman–Crippen LogP) is -3.30. The summed E-state index contributed by atoms with van der Waals surface area (Å²) >= 11 is 0. The zero-order valence-corrected chi connectivity index (χ0v) is 10.0. The quantitative estimate of drug-likeness (QED) is 0.187. The number of hydrogen-bond acceptors (Lipinski definition) is 7. The van der Waals surface area contributed by atoms with E-state index in [4.69, 9.17) is 30.6 Å². The normalized spacial score (nSPS) is 13.0. The van der Waals surface area contributed by atoms with E-state index in [1.54, 1.807) is 0 Å². The van der Waals surface area contributed by atoms with E-state index in [-0.39, 0.29) is 0 Å². The van der Waals surface area contributed by atoms with E-state index in [2.05, 4.69) is 0 Å². The number of nitrogens with zero attached hydrogens (tertiary/aromatic N) is 3. The summed E-state index contributed by atoms with van der Waals surface area (Å²) in [4.78, 5) is 0. The Bertz CT molecular complexity index is 206. The van der Waals surface area contributed by atoms with Crippen LogP contribution in [0, 0.1) is 0 Å². The Morgan fingerprint density at radius 2 is 0.765 bits per heavy atom. The minimum Gasteiger partial charge on any atom is -0.381 e. The van der Waals surface area contributed by atoms with Crippen molar-refractivity contribution < 1.29 is 35.2 Å². The van der Waals surface area contributed by atoms with Crippen molar-refractivity contribution in [2.45, 2.75) is 0 Å². The molecule has 0 aliphatic carbocycles. The molecule has 0 radical (unpaired) electrons. The fourth-order valence-corrected chi connectivity index (χ4v) is 3.23. The van der Waals surface area contributed by atoms with Gasteiger partial charge < -0.3 is 30.6 Å². The highest BCUT2D eigenvalue weighted by atomic mass is 31.2. The van der Waals surface area contributed by atoms with Gasteiger partial charge in [0.25, 0.3) is 7.59 Å². The molecule has 0 aromatic rings. The molecule has 0 spiro atoms. The first-order chi connectivity index (χ1) is 8.06. The van der Waals surface area contributed by atoms with Gasteiger partial charge in [-0.15, -0.1) is 0 Å². The molecule has 0 amide bonds. The Hall–Kier alpha value is -0.130. The van der Waals surface area contributed by atoms with Crippen LogP contribution >= 0.6 is 7.59 Å². The van der Waals surface area contributed by atoms with Crippen LogP contribution in [0.2, 0.25) is 0 Å². The summed E-state index contributed by atoms with van der Waals surface area (Å²) in [6.45, 7) is -5.16. The molecule has 0 aliphatic rings. The third-order valence-electron chi connectivity index (χ3n) is 2.08. The van der Waals surface area contributed by atoms with E-state index in [9.17, 15) is 4.57 Å². The summed E-state index contributed by atoms with van der Waals surface area (Å²) in [6, 6.07) is 0. The Balaban J connectivity index is 5.38. The van der Waals surface area contributed by atoms with Gasteiger partial charge in [-0.05, 0) is 0 Å². The molecule has 0 aromatic carbocycles. The largest absolute Gasteiger partial charge is 0.381 e. The molecule has 0 saturated carbocycles. The summed E-state index contributed by atoms with van der Waals surface area (Å²) in [5.74, 6) is 0. The smallest absolute Gasteiger partial charge is 0.298 e. The Labute approximate surface area is 98.1 Å². The number of aliphatic hydroxyl groups is 6. The summed E-state index contributed by atoms with van der Waals surface area (Å²) in [5.41, 5.74) is 0. The topological polar surface area (TPSA) is 148 Å². The van der Waals surface area contributed by atoms with E-state index in [1.807, 2.05) is 0 Å². The van der Waals surface area contributed by atoms with Crippen molar-refractivity contribution in [3.8, 4) is 0 Å². The fourth-order valence-electron chi connectivity index (χ4n) is 1.17. The van der Waals surface area contributed by atoms with Gasteiger partial charge in [0.15, 0.2) is 0 Å². The lowest BCUT2D eigenvalue weighted by atomic mass is 11.1. The minimum atomic E-state index is -4.05. The molecule has 0 heterocycles. The second kappa shape index (κ2) is 8.06. The van der Waals surface area contributed by atoms with Crippen LogP contribution in [0.25, 0.3) is 0 Å². The molecule has 6 N–H and O–H groups in total. The molecule has 0 aliphatic heterocycles. The molecular weight excluding hydrogens is 257 g/mol. The van der Waals surface area contributed by atoms with Crippen molar-refractivity contribution in [2.24, 2.45) is 0 Å². The SMILES string of the molecule is O=P(N(CO)CO)(N(CO)CO)N(CO)CO. The molecule has 17 heavy (non-hydrogen) atoms. The summed E-state index contributed by atoms with van der Waals surface area (Å²) in [6.07, 6.45) is 0. The van der Waals surface area contributed by atoms with Gasteiger partial charge in [0.05, 0.1) is 0 Å². The monoisotopic (exact) mass is 275 g/mol. The minimum absolute atomic E-state index is 0.589. The van der Waals surface area contributed by atoms with E-state index >= 15 is 0 Å². The van der Waals surface area contributed by atoms with Gasteiger partial charge in [0.1, 0.15) is 40.4 Å². The van der Waals surface area contributed by atoms with Gasteiger partial charge in [0.2, 0.25) is 0 Å². The van der Waals surface area contributed by atoms with Crippen molar-refractivity contribution >= 4 is 7.59 Å². The van der Waals surface area contributed by atoms with Crippen molar-refractivity contribution in [3.63, 3.8) is 0 Å². The van der Waals surface area contributed by atoms with Crippen molar-refractivity contribution in [3.05, 3.63) is 0 Å².